The van der Waals surface area contributed by atoms with Crippen LogP contribution in [0.5, 0.6) is 5.75 Å². The zero-order valence-corrected chi connectivity index (χ0v) is 23.6. The van der Waals surface area contributed by atoms with E-state index in [4.69, 9.17) is 14.6 Å². The van der Waals surface area contributed by atoms with Gasteiger partial charge in [0.25, 0.3) is 0 Å². The summed E-state index contributed by atoms with van der Waals surface area (Å²) >= 11 is 0. The van der Waals surface area contributed by atoms with Gasteiger partial charge in [0.15, 0.2) is 0 Å². The Morgan fingerprint density at radius 1 is 0.690 bits per heavy atom. The van der Waals surface area contributed by atoms with Crippen LogP contribution in [0.3, 0.4) is 0 Å². The second kappa shape index (κ2) is 14.1. The molecule has 0 atom stereocenters. The highest BCUT2D eigenvalue weighted by atomic mass is 16.6. The molecule has 4 aromatic carbocycles. The minimum atomic E-state index is -0.501. The first-order valence-electron chi connectivity index (χ1n) is 13.6. The van der Waals surface area contributed by atoms with Gasteiger partial charge >= 0.3 is 11.9 Å². The zero-order valence-electron chi connectivity index (χ0n) is 23.6. The van der Waals surface area contributed by atoms with Crippen LogP contribution in [0.2, 0.25) is 0 Å². The number of carbonyl (C=O) groups is 2. The van der Waals surface area contributed by atoms with Crippen molar-refractivity contribution in [3.63, 3.8) is 0 Å². The zero-order chi connectivity index (χ0) is 30.0. The summed E-state index contributed by atoms with van der Waals surface area (Å²) in [6, 6.07) is 34.5. The molecule has 0 saturated carbocycles. The maximum Gasteiger partial charge on any atom is 0.330 e. The van der Waals surface area contributed by atoms with Crippen molar-refractivity contribution >= 4 is 11.9 Å². The first-order valence-corrected chi connectivity index (χ1v) is 13.6. The van der Waals surface area contributed by atoms with E-state index < -0.39 is 17.4 Å². The molecule has 0 heterocycles. The van der Waals surface area contributed by atoms with Crippen LogP contribution in [0.4, 0.5) is 0 Å². The lowest BCUT2D eigenvalue weighted by Gasteiger charge is -2.34. The molecule has 4 aromatic rings. The molecule has 0 radical (unpaired) electrons. The molecule has 0 amide bonds. The molecule has 0 spiro atoms. The Hall–Kier alpha value is -4.94. The number of carbonyl (C=O) groups excluding carboxylic acids is 2. The van der Waals surface area contributed by atoms with E-state index in [0.717, 1.165) is 17.9 Å². The van der Waals surface area contributed by atoms with Crippen LogP contribution in [0.15, 0.2) is 122 Å². The van der Waals surface area contributed by atoms with Gasteiger partial charge in [-0.05, 0) is 52.4 Å². The Bertz CT molecular complexity index is 1490. The van der Waals surface area contributed by atoms with Gasteiger partial charge in [-0.25, -0.2) is 9.59 Å². The summed E-state index contributed by atoms with van der Waals surface area (Å²) in [7, 11) is 0. The average molecular weight is 563 g/mol. The molecule has 0 bridgehead atoms. The minimum absolute atomic E-state index is 0.0465. The van der Waals surface area contributed by atoms with Crippen LogP contribution in [0.25, 0.3) is 11.1 Å². The Labute approximate surface area is 246 Å². The number of rotatable bonds is 10. The van der Waals surface area contributed by atoms with E-state index in [1.807, 2.05) is 12.1 Å². The predicted octanol–water partition coefficient (Wildman–Crippen LogP) is 6.17. The molecule has 42 heavy (non-hydrogen) atoms. The molecule has 6 nitrogen and oxygen atoms in total. The highest BCUT2D eigenvalue weighted by Gasteiger charge is 2.45. The molecule has 1 N–H and O–H groups in total. The second-order valence-corrected chi connectivity index (χ2v) is 9.55. The number of aliphatic hydroxyl groups is 1. The van der Waals surface area contributed by atoms with Crippen molar-refractivity contribution < 1.29 is 28.9 Å². The van der Waals surface area contributed by atoms with Gasteiger partial charge in [-0.15, -0.1) is 0 Å². The van der Waals surface area contributed by atoms with Crippen LogP contribution < -0.4 is 4.74 Å². The van der Waals surface area contributed by atoms with Crippen LogP contribution in [0, 0.1) is 6.92 Å². The van der Waals surface area contributed by atoms with Crippen LogP contribution in [-0.2, 0) is 24.5 Å². The fourth-order valence-corrected chi connectivity index (χ4v) is 5.19. The first-order chi connectivity index (χ1) is 20.4. The summed E-state index contributed by atoms with van der Waals surface area (Å²) in [6.45, 7) is 9.05. The van der Waals surface area contributed by atoms with E-state index in [-0.39, 0.29) is 26.4 Å². The van der Waals surface area contributed by atoms with Crippen molar-refractivity contribution in [3.05, 3.63) is 150 Å². The van der Waals surface area contributed by atoms with Crippen molar-refractivity contribution in [2.45, 2.75) is 12.3 Å². The van der Waals surface area contributed by atoms with Gasteiger partial charge in [0, 0.05) is 12.2 Å². The topological polar surface area (TPSA) is 82.1 Å². The minimum Gasteiger partial charge on any atom is -0.490 e. The van der Waals surface area contributed by atoms with Crippen LogP contribution >= 0.6 is 0 Å². The summed E-state index contributed by atoms with van der Waals surface area (Å²) in [6.07, 6.45) is 2.20. The van der Waals surface area contributed by atoms with Crippen molar-refractivity contribution in [2.75, 3.05) is 26.4 Å². The second-order valence-electron chi connectivity index (χ2n) is 9.55. The molecule has 6 heteroatoms. The van der Waals surface area contributed by atoms with Crippen molar-refractivity contribution in [2.24, 2.45) is 0 Å². The number of esters is 2. The maximum atomic E-state index is 11.2. The highest BCUT2D eigenvalue weighted by Crippen LogP contribution is 2.56. The lowest BCUT2D eigenvalue weighted by Crippen LogP contribution is -2.28. The fourth-order valence-electron chi connectivity index (χ4n) is 5.19. The molecular weight excluding hydrogens is 528 g/mol. The Morgan fingerprint density at radius 2 is 1.17 bits per heavy atom. The lowest BCUT2D eigenvalue weighted by molar-refractivity contribution is -0.139. The highest BCUT2D eigenvalue weighted by molar-refractivity contribution is 5.86. The van der Waals surface area contributed by atoms with Gasteiger partial charge in [0.2, 0.25) is 0 Å². The monoisotopic (exact) mass is 562 g/mol. The molecule has 0 fully saturated rings. The van der Waals surface area contributed by atoms with Gasteiger partial charge in [-0.1, -0.05) is 104 Å². The van der Waals surface area contributed by atoms with E-state index in [0.29, 0.717) is 0 Å². The van der Waals surface area contributed by atoms with Crippen LogP contribution in [0.1, 0.15) is 27.8 Å². The SMILES string of the molecule is C=CC(=O)OCCO.C=CC(=O)OCCOc1ccc(C2(c3ccc(C)cc3)c3ccccc3-c3ccccc32)cc1. The smallest absolute Gasteiger partial charge is 0.330 e. The average Bonchev–Trinajstić information content (AvgIpc) is 3.34. The largest absolute Gasteiger partial charge is 0.490 e. The Kier molecular flexibility index (Phi) is 10.1. The van der Waals surface area contributed by atoms with E-state index in [1.54, 1.807) is 0 Å². The van der Waals surface area contributed by atoms with E-state index >= 15 is 0 Å². The van der Waals surface area contributed by atoms with Crippen molar-refractivity contribution in [1.29, 1.82) is 0 Å². The number of aryl methyl sites for hydroxylation is 1. The van der Waals surface area contributed by atoms with Gasteiger partial charge in [-0.3, -0.25) is 0 Å². The summed E-state index contributed by atoms with van der Waals surface area (Å²) in [5.74, 6) is -0.214. The molecule has 0 unspecified atom stereocenters. The molecular formula is C36H34O6. The number of hydrogen-bond donors (Lipinski definition) is 1. The molecule has 0 saturated heterocycles. The third kappa shape index (κ3) is 6.35. The summed E-state index contributed by atoms with van der Waals surface area (Å²) in [4.78, 5) is 21.3. The van der Waals surface area contributed by atoms with Crippen LogP contribution in [-0.4, -0.2) is 43.5 Å². The number of aliphatic hydroxyl groups excluding tert-OH is 1. The third-order valence-corrected chi connectivity index (χ3v) is 6.99. The van der Waals surface area contributed by atoms with E-state index in [1.165, 1.54) is 38.9 Å². The normalized spacial score (nSPS) is 12.0. The molecule has 214 valence electrons. The fraction of sp³-hybridized carbons (Fsp3) is 0.167. The van der Waals surface area contributed by atoms with E-state index in [9.17, 15) is 9.59 Å². The standard InChI is InChI=1S/C31H26O3.C5H8O3/c1-3-30(32)34-21-20-33-25-18-16-24(17-19-25)31(23-14-12-22(2)13-15-23)28-10-6-4-8-26(28)27-9-5-7-11-29(27)31;1-2-5(7)8-4-3-6/h3-19H,1,20-21H2,2H3;2,6H,1,3-4H2. The van der Waals surface area contributed by atoms with E-state index in [2.05, 4.69) is 110 Å². The summed E-state index contributed by atoms with van der Waals surface area (Å²) in [5, 5.41) is 8.10. The predicted molar refractivity (Wildman–Crippen MR) is 163 cm³/mol. The Morgan fingerprint density at radius 3 is 1.67 bits per heavy atom. The first kappa shape index (κ1) is 30.0. The van der Waals surface area contributed by atoms with Gasteiger partial charge < -0.3 is 19.3 Å². The number of benzene rings is 4. The van der Waals surface area contributed by atoms with Gasteiger partial charge in [-0.2, -0.15) is 0 Å². The number of ether oxygens (including phenoxy) is 3. The molecule has 1 aliphatic rings. The number of hydrogen-bond acceptors (Lipinski definition) is 6. The number of fused-ring (bicyclic) bond motifs is 3. The molecule has 5 rings (SSSR count). The van der Waals surface area contributed by atoms with Gasteiger partial charge in [0.1, 0.15) is 25.6 Å². The molecule has 0 aliphatic heterocycles. The summed E-state index contributed by atoms with van der Waals surface area (Å²) < 4.78 is 15.1. The molecule has 1 aliphatic carbocycles. The molecule has 0 aromatic heterocycles. The lowest BCUT2D eigenvalue weighted by atomic mass is 9.67. The third-order valence-electron chi connectivity index (χ3n) is 6.99. The van der Waals surface area contributed by atoms with Crippen molar-refractivity contribution in [3.8, 4) is 16.9 Å². The maximum absolute atomic E-state index is 11.2. The summed E-state index contributed by atoms with van der Waals surface area (Å²) in [5.41, 5.74) is 8.33. The quantitative estimate of drug-likeness (QED) is 0.124. The Balaban J connectivity index is 0.000000446. The van der Waals surface area contributed by atoms with Crippen molar-refractivity contribution in [1.82, 2.24) is 0 Å². The van der Waals surface area contributed by atoms with Gasteiger partial charge in [0.05, 0.1) is 12.0 Å².